The summed E-state index contributed by atoms with van der Waals surface area (Å²) in [4.78, 5) is 24.2. The van der Waals surface area contributed by atoms with Gasteiger partial charge < -0.3 is 15.7 Å². The van der Waals surface area contributed by atoms with Gasteiger partial charge in [-0.25, -0.2) is 0 Å². The molecular formula is C17H20N2O3S. The van der Waals surface area contributed by atoms with Crippen molar-refractivity contribution in [2.75, 3.05) is 18.5 Å². The molecule has 0 aliphatic rings. The van der Waals surface area contributed by atoms with Gasteiger partial charge in [0.25, 0.3) is 5.91 Å². The lowest BCUT2D eigenvalue weighted by molar-refractivity contribution is -0.116. The van der Waals surface area contributed by atoms with Gasteiger partial charge in [-0.15, -0.1) is 11.3 Å². The SMILES string of the molecule is O=C(CCCNC(=O)c1cccs1)Nc1ccc(CCO)cc1. The van der Waals surface area contributed by atoms with Crippen molar-refractivity contribution in [2.45, 2.75) is 19.3 Å². The second-order valence-electron chi connectivity index (χ2n) is 5.06. The minimum absolute atomic E-state index is 0.0784. The van der Waals surface area contributed by atoms with Crippen molar-refractivity contribution in [3.8, 4) is 0 Å². The van der Waals surface area contributed by atoms with Gasteiger partial charge in [0.05, 0.1) is 4.88 Å². The van der Waals surface area contributed by atoms with Gasteiger partial charge in [0.15, 0.2) is 0 Å². The summed E-state index contributed by atoms with van der Waals surface area (Å²) in [5, 5.41) is 16.3. The number of hydrogen-bond donors (Lipinski definition) is 3. The van der Waals surface area contributed by atoms with E-state index in [1.807, 2.05) is 35.7 Å². The molecule has 0 spiro atoms. The van der Waals surface area contributed by atoms with Crippen molar-refractivity contribution in [3.63, 3.8) is 0 Å². The van der Waals surface area contributed by atoms with Crippen molar-refractivity contribution in [1.29, 1.82) is 0 Å². The topological polar surface area (TPSA) is 78.4 Å². The maximum absolute atomic E-state index is 11.8. The lowest BCUT2D eigenvalue weighted by Gasteiger charge is -2.07. The zero-order chi connectivity index (χ0) is 16.5. The largest absolute Gasteiger partial charge is 0.396 e. The van der Waals surface area contributed by atoms with Gasteiger partial charge >= 0.3 is 0 Å². The number of carbonyl (C=O) groups is 2. The number of aliphatic hydroxyl groups is 1. The second kappa shape index (κ2) is 9.07. The molecule has 5 nitrogen and oxygen atoms in total. The van der Waals surface area contributed by atoms with E-state index in [1.165, 1.54) is 11.3 Å². The van der Waals surface area contributed by atoms with Crippen LogP contribution in [0.25, 0.3) is 0 Å². The van der Waals surface area contributed by atoms with Crippen LogP contribution < -0.4 is 10.6 Å². The predicted octanol–water partition coefficient (Wildman–Crippen LogP) is 2.43. The molecule has 0 saturated carbocycles. The van der Waals surface area contributed by atoms with E-state index in [0.29, 0.717) is 30.7 Å². The van der Waals surface area contributed by atoms with E-state index < -0.39 is 0 Å². The lowest BCUT2D eigenvalue weighted by atomic mass is 10.1. The van der Waals surface area contributed by atoms with Crippen LogP contribution in [-0.4, -0.2) is 30.1 Å². The Morgan fingerprint density at radius 3 is 2.57 bits per heavy atom. The molecule has 2 rings (SSSR count). The lowest BCUT2D eigenvalue weighted by Crippen LogP contribution is -2.24. The standard InChI is InChI=1S/C17H20N2O3S/c20-11-9-13-5-7-14(8-6-13)19-16(21)4-1-10-18-17(22)15-3-2-12-23-15/h2-3,5-8,12,20H,1,4,9-11H2,(H,18,22)(H,19,21). The number of aliphatic hydroxyl groups excluding tert-OH is 1. The maximum Gasteiger partial charge on any atom is 0.261 e. The summed E-state index contributed by atoms with van der Waals surface area (Å²) in [7, 11) is 0. The van der Waals surface area contributed by atoms with Crippen molar-refractivity contribution in [2.24, 2.45) is 0 Å². The number of amides is 2. The number of benzene rings is 1. The number of anilines is 1. The predicted molar refractivity (Wildman–Crippen MR) is 91.7 cm³/mol. The Morgan fingerprint density at radius 1 is 1.13 bits per heavy atom. The monoisotopic (exact) mass is 332 g/mol. The second-order valence-corrected chi connectivity index (χ2v) is 6.00. The molecular weight excluding hydrogens is 312 g/mol. The van der Waals surface area contributed by atoms with Crippen molar-refractivity contribution in [3.05, 3.63) is 52.2 Å². The zero-order valence-corrected chi connectivity index (χ0v) is 13.6. The van der Waals surface area contributed by atoms with E-state index in [0.717, 1.165) is 11.3 Å². The fourth-order valence-electron chi connectivity index (χ4n) is 2.05. The highest BCUT2D eigenvalue weighted by atomic mass is 32.1. The Kier molecular flexibility index (Phi) is 6.77. The summed E-state index contributed by atoms with van der Waals surface area (Å²) in [6.45, 7) is 0.586. The Hall–Kier alpha value is -2.18. The summed E-state index contributed by atoms with van der Waals surface area (Å²) in [6, 6.07) is 11.0. The molecule has 3 N–H and O–H groups in total. The molecule has 0 aliphatic carbocycles. The van der Waals surface area contributed by atoms with E-state index in [4.69, 9.17) is 5.11 Å². The molecule has 0 aliphatic heterocycles. The zero-order valence-electron chi connectivity index (χ0n) is 12.7. The van der Waals surface area contributed by atoms with Crippen molar-refractivity contribution in [1.82, 2.24) is 5.32 Å². The maximum atomic E-state index is 11.8. The Balaban J connectivity index is 1.66. The van der Waals surface area contributed by atoms with Gasteiger partial charge in [-0.2, -0.15) is 0 Å². The van der Waals surface area contributed by atoms with E-state index in [9.17, 15) is 9.59 Å². The molecule has 0 bridgehead atoms. The van der Waals surface area contributed by atoms with Gasteiger partial charge in [-0.3, -0.25) is 9.59 Å². The number of rotatable bonds is 8. The summed E-state index contributed by atoms with van der Waals surface area (Å²) < 4.78 is 0. The van der Waals surface area contributed by atoms with Crippen molar-refractivity contribution < 1.29 is 14.7 Å². The molecule has 0 unspecified atom stereocenters. The molecule has 0 radical (unpaired) electrons. The average molecular weight is 332 g/mol. The minimum Gasteiger partial charge on any atom is -0.396 e. The Morgan fingerprint density at radius 2 is 1.91 bits per heavy atom. The molecule has 2 aromatic rings. The normalized spacial score (nSPS) is 10.3. The van der Waals surface area contributed by atoms with Gasteiger partial charge in [-0.05, 0) is 42.0 Å². The Labute approximate surface area is 139 Å². The first kappa shape index (κ1) is 17.2. The van der Waals surface area contributed by atoms with Gasteiger partial charge in [0, 0.05) is 25.3 Å². The fraction of sp³-hybridized carbons (Fsp3) is 0.294. The number of nitrogens with one attached hydrogen (secondary N) is 2. The van der Waals surface area contributed by atoms with E-state index in [1.54, 1.807) is 6.07 Å². The smallest absolute Gasteiger partial charge is 0.261 e. The highest BCUT2D eigenvalue weighted by molar-refractivity contribution is 7.12. The van der Waals surface area contributed by atoms with E-state index >= 15 is 0 Å². The molecule has 2 amide bonds. The van der Waals surface area contributed by atoms with Crippen LogP contribution in [-0.2, 0) is 11.2 Å². The third kappa shape index (κ3) is 5.84. The average Bonchev–Trinajstić information content (AvgIpc) is 3.08. The summed E-state index contributed by atoms with van der Waals surface area (Å²) in [6.07, 6.45) is 1.55. The van der Waals surface area contributed by atoms with E-state index in [2.05, 4.69) is 10.6 Å². The van der Waals surface area contributed by atoms with Gasteiger partial charge in [0.2, 0.25) is 5.91 Å². The first-order valence-corrected chi connectivity index (χ1v) is 8.38. The molecule has 0 atom stereocenters. The van der Waals surface area contributed by atoms with Gasteiger partial charge in [-0.1, -0.05) is 18.2 Å². The first-order valence-electron chi connectivity index (χ1n) is 7.50. The number of carbonyl (C=O) groups excluding carboxylic acids is 2. The van der Waals surface area contributed by atoms with Crippen LogP contribution in [0.3, 0.4) is 0 Å². The van der Waals surface area contributed by atoms with Crippen LogP contribution in [0, 0.1) is 0 Å². The van der Waals surface area contributed by atoms with Gasteiger partial charge in [0.1, 0.15) is 0 Å². The molecule has 1 heterocycles. The minimum atomic E-state index is -0.0973. The van der Waals surface area contributed by atoms with E-state index in [-0.39, 0.29) is 18.4 Å². The summed E-state index contributed by atoms with van der Waals surface area (Å²) >= 11 is 1.39. The molecule has 0 fully saturated rings. The van der Waals surface area contributed by atoms with Crippen LogP contribution in [0.1, 0.15) is 28.1 Å². The first-order chi connectivity index (χ1) is 11.2. The number of thiophene rings is 1. The molecule has 0 saturated heterocycles. The highest BCUT2D eigenvalue weighted by Gasteiger charge is 2.06. The van der Waals surface area contributed by atoms with Crippen LogP contribution in [0.2, 0.25) is 0 Å². The van der Waals surface area contributed by atoms with Crippen LogP contribution in [0.4, 0.5) is 5.69 Å². The molecule has 6 heteroatoms. The third-order valence-corrected chi connectivity index (χ3v) is 4.12. The van der Waals surface area contributed by atoms with Crippen LogP contribution in [0.15, 0.2) is 41.8 Å². The molecule has 1 aromatic carbocycles. The third-order valence-electron chi connectivity index (χ3n) is 3.25. The highest BCUT2D eigenvalue weighted by Crippen LogP contribution is 2.11. The quantitative estimate of drug-likeness (QED) is 0.650. The Bertz CT molecular complexity index is 624. The molecule has 23 heavy (non-hydrogen) atoms. The number of hydrogen-bond acceptors (Lipinski definition) is 4. The van der Waals surface area contributed by atoms with Crippen LogP contribution >= 0.6 is 11.3 Å². The van der Waals surface area contributed by atoms with Crippen LogP contribution in [0.5, 0.6) is 0 Å². The fourth-order valence-corrected chi connectivity index (χ4v) is 2.69. The summed E-state index contributed by atoms with van der Waals surface area (Å²) in [5.41, 5.74) is 1.76. The van der Waals surface area contributed by atoms with Crippen molar-refractivity contribution >= 4 is 28.8 Å². The molecule has 1 aromatic heterocycles. The molecule has 122 valence electrons. The summed E-state index contributed by atoms with van der Waals surface area (Å²) in [5.74, 6) is -0.176.